The summed E-state index contributed by atoms with van der Waals surface area (Å²) in [6, 6.07) is 7.34. The Bertz CT molecular complexity index is 396. The molecule has 1 fully saturated rings. The Labute approximate surface area is 103 Å². The molecule has 3 rings (SSSR count). The van der Waals surface area contributed by atoms with Gasteiger partial charge in [-0.05, 0) is 67.8 Å². The van der Waals surface area contributed by atoms with Gasteiger partial charge in [0, 0.05) is 6.04 Å². The third-order valence-electron chi connectivity index (χ3n) is 4.35. The first kappa shape index (κ1) is 11.1. The third-order valence-corrected chi connectivity index (χ3v) is 4.35. The zero-order valence-electron chi connectivity index (χ0n) is 10.5. The molecule has 17 heavy (non-hydrogen) atoms. The highest BCUT2D eigenvalue weighted by atomic mass is 16.5. The summed E-state index contributed by atoms with van der Waals surface area (Å²) in [6.07, 6.45) is 6.52. The molecule has 2 aliphatic rings. The molecule has 0 spiro atoms. The molecule has 0 radical (unpaired) electrons. The molecule has 1 heterocycles. The fourth-order valence-corrected chi connectivity index (χ4v) is 3.34. The molecule has 2 atom stereocenters. The number of fused-ring (bicyclic) bond motifs is 1. The van der Waals surface area contributed by atoms with Crippen LogP contribution in [0.15, 0.2) is 18.2 Å². The Morgan fingerprint density at radius 2 is 2.18 bits per heavy atom. The van der Waals surface area contributed by atoms with E-state index in [1.165, 1.54) is 49.8 Å². The van der Waals surface area contributed by atoms with Crippen molar-refractivity contribution < 1.29 is 4.74 Å². The minimum absolute atomic E-state index is 0.769. The smallest absolute Gasteiger partial charge is 0.119 e. The molecule has 1 saturated heterocycles. The number of aryl methyl sites for hydroxylation is 1. The standard InChI is InChI=1S/C15H21NO/c1-17-14-7-6-11-9-13(5-4-12(11)10-14)15-3-2-8-16-15/h6-7,10,13,15-16H,2-5,8-9H2,1H3. The molecule has 92 valence electrons. The van der Waals surface area contributed by atoms with E-state index in [0.29, 0.717) is 0 Å². The Morgan fingerprint density at radius 3 is 2.94 bits per heavy atom. The third kappa shape index (κ3) is 2.19. The lowest BCUT2D eigenvalue weighted by Gasteiger charge is -2.29. The van der Waals surface area contributed by atoms with Gasteiger partial charge in [0.05, 0.1) is 7.11 Å². The fourth-order valence-electron chi connectivity index (χ4n) is 3.34. The highest BCUT2D eigenvalue weighted by Gasteiger charge is 2.28. The van der Waals surface area contributed by atoms with Crippen LogP contribution in [0.5, 0.6) is 5.75 Å². The van der Waals surface area contributed by atoms with E-state index < -0.39 is 0 Å². The van der Waals surface area contributed by atoms with Gasteiger partial charge in [-0.15, -0.1) is 0 Å². The maximum atomic E-state index is 5.29. The number of methoxy groups -OCH3 is 1. The topological polar surface area (TPSA) is 21.3 Å². The van der Waals surface area contributed by atoms with Crippen molar-refractivity contribution in [3.63, 3.8) is 0 Å². The van der Waals surface area contributed by atoms with Gasteiger partial charge in [-0.3, -0.25) is 0 Å². The highest BCUT2D eigenvalue weighted by molar-refractivity contribution is 5.37. The number of benzene rings is 1. The van der Waals surface area contributed by atoms with Crippen LogP contribution < -0.4 is 10.1 Å². The molecule has 1 aliphatic carbocycles. The van der Waals surface area contributed by atoms with Crippen LogP contribution in [0.1, 0.15) is 30.4 Å². The maximum absolute atomic E-state index is 5.29. The van der Waals surface area contributed by atoms with E-state index >= 15 is 0 Å². The van der Waals surface area contributed by atoms with Gasteiger partial charge in [0.25, 0.3) is 0 Å². The van der Waals surface area contributed by atoms with Gasteiger partial charge in [-0.25, -0.2) is 0 Å². The number of rotatable bonds is 2. The largest absolute Gasteiger partial charge is 0.497 e. The molecule has 1 aromatic rings. The van der Waals surface area contributed by atoms with E-state index in [4.69, 9.17) is 4.74 Å². The van der Waals surface area contributed by atoms with Gasteiger partial charge < -0.3 is 10.1 Å². The van der Waals surface area contributed by atoms with Gasteiger partial charge in [0.2, 0.25) is 0 Å². The Hall–Kier alpha value is -1.02. The van der Waals surface area contributed by atoms with Crippen LogP contribution in [0.25, 0.3) is 0 Å². The summed E-state index contributed by atoms with van der Waals surface area (Å²) in [7, 11) is 1.75. The number of hydrogen-bond acceptors (Lipinski definition) is 2. The van der Waals surface area contributed by atoms with E-state index in [0.717, 1.165) is 17.7 Å². The van der Waals surface area contributed by atoms with Crippen molar-refractivity contribution in [2.75, 3.05) is 13.7 Å². The fraction of sp³-hybridized carbons (Fsp3) is 0.600. The Morgan fingerprint density at radius 1 is 1.24 bits per heavy atom. The monoisotopic (exact) mass is 231 g/mol. The second-order valence-corrected chi connectivity index (χ2v) is 5.34. The molecule has 0 amide bonds. The average molecular weight is 231 g/mol. The summed E-state index contributed by atoms with van der Waals surface area (Å²) in [4.78, 5) is 0. The molecular weight excluding hydrogens is 210 g/mol. The van der Waals surface area contributed by atoms with E-state index in [1.807, 2.05) is 0 Å². The summed E-state index contributed by atoms with van der Waals surface area (Å²) in [5.41, 5.74) is 3.04. The number of hydrogen-bond donors (Lipinski definition) is 1. The van der Waals surface area contributed by atoms with Crippen molar-refractivity contribution in [2.45, 2.75) is 38.1 Å². The quantitative estimate of drug-likeness (QED) is 0.844. The molecule has 0 bridgehead atoms. The van der Waals surface area contributed by atoms with Crippen LogP contribution in [-0.2, 0) is 12.8 Å². The molecule has 2 unspecified atom stereocenters. The normalized spacial score (nSPS) is 27.8. The molecule has 2 nitrogen and oxygen atoms in total. The van der Waals surface area contributed by atoms with Gasteiger partial charge in [-0.1, -0.05) is 6.07 Å². The first-order valence-electron chi connectivity index (χ1n) is 6.76. The van der Waals surface area contributed by atoms with Crippen LogP contribution in [0.3, 0.4) is 0 Å². The zero-order chi connectivity index (χ0) is 11.7. The SMILES string of the molecule is COc1ccc2c(c1)CCC(C1CCCN1)C2. The molecule has 0 aromatic heterocycles. The minimum Gasteiger partial charge on any atom is -0.497 e. The van der Waals surface area contributed by atoms with Crippen molar-refractivity contribution in [3.05, 3.63) is 29.3 Å². The predicted octanol–water partition coefficient (Wildman–Crippen LogP) is 2.55. The first-order chi connectivity index (χ1) is 8.36. The minimum atomic E-state index is 0.769. The lowest BCUT2D eigenvalue weighted by molar-refractivity contribution is 0.348. The van der Waals surface area contributed by atoms with E-state index in [9.17, 15) is 0 Å². The second-order valence-electron chi connectivity index (χ2n) is 5.34. The first-order valence-corrected chi connectivity index (χ1v) is 6.76. The lowest BCUT2D eigenvalue weighted by Crippen LogP contribution is -2.34. The Kier molecular flexibility index (Phi) is 3.06. The van der Waals surface area contributed by atoms with Gasteiger partial charge in [-0.2, -0.15) is 0 Å². The van der Waals surface area contributed by atoms with Crippen LogP contribution in [0, 0.1) is 5.92 Å². The molecular formula is C15H21NO. The van der Waals surface area contributed by atoms with Crippen molar-refractivity contribution in [1.29, 1.82) is 0 Å². The molecule has 1 aliphatic heterocycles. The highest BCUT2D eigenvalue weighted by Crippen LogP contribution is 2.32. The van der Waals surface area contributed by atoms with Crippen molar-refractivity contribution in [2.24, 2.45) is 5.92 Å². The van der Waals surface area contributed by atoms with E-state index in [2.05, 4.69) is 23.5 Å². The van der Waals surface area contributed by atoms with Crippen LogP contribution >= 0.6 is 0 Å². The zero-order valence-corrected chi connectivity index (χ0v) is 10.5. The van der Waals surface area contributed by atoms with Gasteiger partial charge in [0.1, 0.15) is 5.75 Å². The summed E-state index contributed by atoms with van der Waals surface area (Å²) in [5, 5.41) is 3.65. The average Bonchev–Trinajstić information content (AvgIpc) is 2.91. The molecule has 2 heteroatoms. The van der Waals surface area contributed by atoms with E-state index in [1.54, 1.807) is 7.11 Å². The number of nitrogens with one attached hydrogen (secondary N) is 1. The van der Waals surface area contributed by atoms with Crippen LogP contribution in [0.2, 0.25) is 0 Å². The van der Waals surface area contributed by atoms with Crippen molar-refractivity contribution in [3.8, 4) is 5.75 Å². The summed E-state index contributed by atoms with van der Waals surface area (Å²) >= 11 is 0. The molecule has 1 aromatic carbocycles. The molecule has 1 N–H and O–H groups in total. The second kappa shape index (κ2) is 4.69. The summed E-state index contributed by atoms with van der Waals surface area (Å²) in [6.45, 7) is 1.22. The Balaban J connectivity index is 1.76. The van der Waals surface area contributed by atoms with Crippen molar-refractivity contribution >= 4 is 0 Å². The maximum Gasteiger partial charge on any atom is 0.119 e. The summed E-state index contributed by atoms with van der Waals surface area (Å²) < 4.78 is 5.29. The van der Waals surface area contributed by atoms with Gasteiger partial charge >= 0.3 is 0 Å². The van der Waals surface area contributed by atoms with E-state index in [-0.39, 0.29) is 0 Å². The number of ether oxygens (including phenoxy) is 1. The molecule has 0 saturated carbocycles. The van der Waals surface area contributed by atoms with Gasteiger partial charge in [0.15, 0.2) is 0 Å². The van der Waals surface area contributed by atoms with Crippen LogP contribution in [0.4, 0.5) is 0 Å². The van der Waals surface area contributed by atoms with Crippen LogP contribution in [-0.4, -0.2) is 19.7 Å². The predicted molar refractivity (Wildman–Crippen MR) is 69.5 cm³/mol. The lowest BCUT2D eigenvalue weighted by atomic mass is 9.79. The summed E-state index contributed by atoms with van der Waals surface area (Å²) in [5.74, 6) is 1.85. The van der Waals surface area contributed by atoms with Crippen molar-refractivity contribution in [1.82, 2.24) is 5.32 Å².